The molecular weight excluding hydrogens is 290 g/mol. The quantitative estimate of drug-likeness (QED) is 0.800. The van der Waals surface area contributed by atoms with Gasteiger partial charge in [-0.25, -0.2) is 4.79 Å². The van der Waals surface area contributed by atoms with Crippen molar-refractivity contribution in [3.05, 3.63) is 49.9 Å². The second-order valence-electron chi connectivity index (χ2n) is 5.55. The molecule has 21 heavy (non-hydrogen) atoms. The number of esters is 1. The second-order valence-corrected chi connectivity index (χ2v) is 5.93. The van der Waals surface area contributed by atoms with Crippen LogP contribution in [0.2, 0.25) is 5.02 Å². The van der Waals surface area contributed by atoms with Crippen LogP contribution in [0, 0.1) is 13.8 Å². The Hall–Kier alpha value is -1.81. The van der Waals surface area contributed by atoms with Gasteiger partial charge in [0.05, 0.1) is 12.6 Å². The summed E-state index contributed by atoms with van der Waals surface area (Å²) in [6.07, 6.45) is 3.84. The molecule has 1 fully saturated rings. The zero-order valence-electron chi connectivity index (χ0n) is 12.2. The first-order valence-corrected chi connectivity index (χ1v) is 7.26. The number of carbonyl (C=O) groups is 1. The molecule has 0 radical (unpaired) electrons. The summed E-state index contributed by atoms with van der Waals surface area (Å²) in [4.78, 5) is 24.4. The van der Waals surface area contributed by atoms with Crippen LogP contribution in [-0.2, 0) is 4.74 Å². The average Bonchev–Trinajstić information content (AvgIpc) is 3.29. The molecule has 2 aromatic heterocycles. The Balaban J connectivity index is 2.47. The highest BCUT2D eigenvalue weighted by Crippen LogP contribution is 2.43. The molecule has 0 bridgehead atoms. The molecule has 110 valence electrons. The maximum Gasteiger partial charge on any atom is 0.343 e. The molecule has 2 aromatic rings. The molecule has 0 unspecified atom stereocenters. The van der Waals surface area contributed by atoms with E-state index < -0.39 is 5.97 Å². The van der Waals surface area contributed by atoms with Crippen molar-refractivity contribution in [1.82, 2.24) is 4.40 Å². The summed E-state index contributed by atoms with van der Waals surface area (Å²) < 4.78 is 6.27. The van der Waals surface area contributed by atoms with Crippen molar-refractivity contribution in [2.75, 3.05) is 7.11 Å². The van der Waals surface area contributed by atoms with Crippen molar-refractivity contribution in [1.29, 1.82) is 0 Å². The lowest BCUT2D eigenvalue weighted by molar-refractivity contribution is 0.0598. The van der Waals surface area contributed by atoms with Gasteiger partial charge in [0.2, 0.25) is 0 Å². The van der Waals surface area contributed by atoms with E-state index in [4.69, 9.17) is 16.3 Å². The summed E-state index contributed by atoms with van der Waals surface area (Å²) in [6.45, 7) is 3.76. The van der Waals surface area contributed by atoms with E-state index in [-0.39, 0.29) is 11.1 Å². The minimum atomic E-state index is -0.596. The van der Waals surface area contributed by atoms with Crippen LogP contribution in [-0.4, -0.2) is 17.5 Å². The van der Waals surface area contributed by atoms with E-state index in [0.29, 0.717) is 10.9 Å². The molecule has 0 atom stereocenters. The number of nitrogens with zero attached hydrogens (tertiary/aromatic N) is 1. The molecule has 1 aliphatic carbocycles. The molecule has 0 aromatic carbocycles. The topological polar surface area (TPSA) is 47.8 Å². The van der Waals surface area contributed by atoms with Gasteiger partial charge < -0.3 is 4.74 Å². The molecule has 0 aliphatic heterocycles. The van der Waals surface area contributed by atoms with Crippen LogP contribution in [0.1, 0.15) is 45.8 Å². The number of pyridine rings is 2. The molecule has 0 spiro atoms. The van der Waals surface area contributed by atoms with E-state index in [1.54, 1.807) is 12.3 Å². The van der Waals surface area contributed by atoms with Crippen LogP contribution >= 0.6 is 11.6 Å². The Bertz CT molecular complexity index is 819. The van der Waals surface area contributed by atoms with Gasteiger partial charge in [-0.15, -0.1) is 0 Å². The highest BCUT2D eigenvalue weighted by Gasteiger charge is 2.29. The normalized spacial score (nSPS) is 14.5. The van der Waals surface area contributed by atoms with E-state index in [2.05, 4.69) is 0 Å². The number of hydrogen-bond acceptors (Lipinski definition) is 3. The molecule has 5 heteroatoms. The van der Waals surface area contributed by atoms with E-state index in [1.807, 2.05) is 13.8 Å². The van der Waals surface area contributed by atoms with E-state index in [9.17, 15) is 9.59 Å². The first kappa shape index (κ1) is 14.1. The summed E-state index contributed by atoms with van der Waals surface area (Å²) in [5.41, 5.74) is 3.25. The molecule has 2 heterocycles. The van der Waals surface area contributed by atoms with Gasteiger partial charge in [-0.1, -0.05) is 11.6 Å². The van der Waals surface area contributed by atoms with Crippen molar-refractivity contribution in [3.8, 4) is 0 Å². The minimum Gasteiger partial charge on any atom is -0.465 e. The van der Waals surface area contributed by atoms with Crippen LogP contribution in [0.3, 0.4) is 0 Å². The number of carbonyl (C=O) groups excluding carboxylic acids is 1. The Morgan fingerprint density at radius 2 is 2.05 bits per heavy atom. The number of hydrogen-bond donors (Lipinski definition) is 0. The first-order valence-electron chi connectivity index (χ1n) is 6.89. The number of aryl methyl sites for hydroxylation is 2. The van der Waals surface area contributed by atoms with Crippen molar-refractivity contribution in [2.24, 2.45) is 0 Å². The number of ether oxygens (including phenoxy) is 1. The molecule has 4 nitrogen and oxygen atoms in total. The predicted octanol–water partition coefficient (Wildman–Crippen LogP) is 3.23. The summed E-state index contributed by atoms with van der Waals surface area (Å²) in [5, 5.41) is 0.669. The van der Waals surface area contributed by atoms with Gasteiger partial charge in [-0.3, -0.25) is 9.20 Å². The largest absolute Gasteiger partial charge is 0.465 e. The Labute approximate surface area is 127 Å². The summed E-state index contributed by atoms with van der Waals surface area (Å²) in [7, 11) is 1.28. The van der Waals surface area contributed by atoms with Crippen molar-refractivity contribution >= 4 is 23.1 Å². The molecule has 3 rings (SSSR count). The first-order chi connectivity index (χ1) is 9.95. The van der Waals surface area contributed by atoms with Crippen LogP contribution in [0.25, 0.3) is 5.52 Å². The lowest BCUT2D eigenvalue weighted by Gasteiger charge is -2.15. The van der Waals surface area contributed by atoms with E-state index in [1.165, 1.54) is 11.5 Å². The number of methoxy groups -OCH3 is 1. The second kappa shape index (κ2) is 4.88. The Morgan fingerprint density at radius 3 is 2.62 bits per heavy atom. The fourth-order valence-corrected chi connectivity index (χ4v) is 2.93. The van der Waals surface area contributed by atoms with Gasteiger partial charge in [0.25, 0.3) is 5.56 Å². The zero-order chi connectivity index (χ0) is 15.3. The van der Waals surface area contributed by atoms with Crippen LogP contribution in [0.4, 0.5) is 0 Å². The maximum absolute atomic E-state index is 12.6. The van der Waals surface area contributed by atoms with Crippen molar-refractivity contribution in [2.45, 2.75) is 32.6 Å². The maximum atomic E-state index is 12.6. The third kappa shape index (κ3) is 2.14. The van der Waals surface area contributed by atoms with Gasteiger partial charge >= 0.3 is 5.97 Å². The number of rotatable bonds is 2. The molecule has 0 saturated heterocycles. The van der Waals surface area contributed by atoms with E-state index >= 15 is 0 Å². The summed E-state index contributed by atoms with van der Waals surface area (Å²) in [6, 6.07) is 1.68. The molecule has 1 saturated carbocycles. The van der Waals surface area contributed by atoms with Gasteiger partial charge in [-0.2, -0.15) is 0 Å². The van der Waals surface area contributed by atoms with E-state index in [0.717, 1.165) is 35.0 Å². The fraction of sp³-hybridized carbons (Fsp3) is 0.375. The van der Waals surface area contributed by atoms with Crippen LogP contribution < -0.4 is 5.56 Å². The monoisotopic (exact) mass is 305 g/mol. The lowest BCUT2D eigenvalue weighted by Crippen LogP contribution is -2.24. The Kier molecular flexibility index (Phi) is 3.29. The van der Waals surface area contributed by atoms with Gasteiger partial charge in [0.15, 0.2) is 0 Å². The fourth-order valence-electron chi connectivity index (χ4n) is 2.79. The van der Waals surface area contributed by atoms with Crippen LogP contribution in [0.5, 0.6) is 0 Å². The standard InChI is InChI=1S/C16H16ClNO3/c1-8-7-18-14(9(2)13(8)17)11(10-4-5-10)6-12(15(18)19)16(20)21-3/h6-7,10H,4-5H2,1-3H3. The highest BCUT2D eigenvalue weighted by molar-refractivity contribution is 6.32. The molecular formula is C16H16ClNO3. The number of aromatic nitrogens is 1. The third-order valence-electron chi connectivity index (χ3n) is 4.04. The predicted molar refractivity (Wildman–Crippen MR) is 81.5 cm³/mol. The average molecular weight is 306 g/mol. The summed E-state index contributed by atoms with van der Waals surface area (Å²) in [5.74, 6) is -0.206. The third-order valence-corrected chi connectivity index (χ3v) is 4.62. The smallest absolute Gasteiger partial charge is 0.343 e. The minimum absolute atomic E-state index is 0.0815. The zero-order valence-corrected chi connectivity index (χ0v) is 13.0. The van der Waals surface area contributed by atoms with Crippen molar-refractivity contribution < 1.29 is 9.53 Å². The number of fused-ring (bicyclic) bond motifs is 1. The van der Waals surface area contributed by atoms with Gasteiger partial charge in [0, 0.05) is 11.2 Å². The SMILES string of the molecule is COC(=O)c1cc(C2CC2)c2c(C)c(Cl)c(C)cn2c1=O. The van der Waals surface area contributed by atoms with Gasteiger partial charge in [0.1, 0.15) is 5.56 Å². The Morgan fingerprint density at radius 1 is 1.38 bits per heavy atom. The molecule has 1 aliphatic rings. The summed E-state index contributed by atoms with van der Waals surface area (Å²) >= 11 is 6.33. The van der Waals surface area contributed by atoms with Gasteiger partial charge in [-0.05, 0) is 55.4 Å². The molecule has 0 N–H and O–H groups in total. The number of halogens is 1. The lowest BCUT2D eigenvalue weighted by atomic mass is 10.0. The highest BCUT2D eigenvalue weighted by atomic mass is 35.5. The van der Waals surface area contributed by atoms with Crippen LogP contribution in [0.15, 0.2) is 17.1 Å². The van der Waals surface area contributed by atoms with Crippen molar-refractivity contribution in [3.63, 3.8) is 0 Å². The molecule has 0 amide bonds.